The second-order valence-electron chi connectivity index (χ2n) is 8.29. The van der Waals surface area contributed by atoms with E-state index in [0.717, 1.165) is 0 Å². The fourth-order valence-corrected chi connectivity index (χ4v) is 5.13. The first-order chi connectivity index (χ1) is 17.8. The molecule has 1 aromatic carbocycles. The van der Waals surface area contributed by atoms with Crippen LogP contribution in [0.4, 0.5) is 5.95 Å². The highest BCUT2D eigenvalue weighted by atomic mass is 32.2. The Hall–Kier alpha value is -3.49. The molecule has 0 unspecified atom stereocenters. The molecule has 13 nitrogen and oxygen atoms in total. The van der Waals surface area contributed by atoms with Crippen molar-refractivity contribution in [3.05, 3.63) is 42.1 Å². The molecule has 0 spiro atoms. The van der Waals surface area contributed by atoms with Gasteiger partial charge >= 0.3 is 0 Å². The van der Waals surface area contributed by atoms with Crippen molar-refractivity contribution in [1.29, 1.82) is 0 Å². The Bertz CT molecular complexity index is 1290. The van der Waals surface area contributed by atoms with E-state index in [0.29, 0.717) is 47.8 Å². The third-order valence-electron chi connectivity index (χ3n) is 6.17. The van der Waals surface area contributed by atoms with Crippen molar-refractivity contribution in [2.24, 2.45) is 0 Å². The number of rotatable bonds is 10. The molecule has 3 atom stereocenters. The predicted molar refractivity (Wildman–Crippen MR) is 133 cm³/mol. The van der Waals surface area contributed by atoms with Gasteiger partial charge in [-0.3, -0.25) is 14.3 Å². The van der Waals surface area contributed by atoms with E-state index in [1.165, 1.54) is 38.3 Å². The number of hydrogen-bond donors (Lipinski definition) is 1. The Labute approximate surface area is 215 Å². The van der Waals surface area contributed by atoms with Crippen LogP contribution in [0.15, 0.2) is 30.6 Å². The molecule has 14 heteroatoms. The van der Waals surface area contributed by atoms with Crippen molar-refractivity contribution in [2.45, 2.75) is 31.1 Å². The Morgan fingerprint density at radius 1 is 1.03 bits per heavy atom. The van der Waals surface area contributed by atoms with Gasteiger partial charge in [-0.15, -0.1) is 10.2 Å². The normalized spacial score (nSPS) is 17.6. The number of anilines is 1. The van der Waals surface area contributed by atoms with Gasteiger partial charge in [-0.05, 0) is 19.1 Å². The Morgan fingerprint density at radius 2 is 1.76 bits per heavy atom. The quantitative estimate of drug-likeness (QED) is 0.407. The van der Waals surface area contributed by atoms with Gasteiger partial charge in [-0.2, -0.15) is 0 Å². The molecule has 200 valence electrons. The second-order valence-corrected chi connectivity index (χ2v) is 10.3. The van der Waals surface area contributed by atoms with Gasteiger partial charge in [0.25, 0.3) is 0 Å². The SMILES string of the molecule is COc1cnc([C@@H](C)[C@H](C)S(=O)(=O)Nc2nnc([C@H]3COCCO3)n2-c2c(OC)cccc2OC)cn1. The summed E-state index contributed by atoms with van der Waals surface area (Å²) in [7, 11) is 0.504. The molecule has 37 heavy (non-hydrogen) atoms. The summed E-state index contributed by atoms with van der Waals surface area (Å²) in [5.74, 6) is 0.973. The van der Waals surface area contributed by atoms with Gasteiger partial charge in [0.15, 0.2) is 5.82 Å². The summed E-state index contributed by atoms with van der Waals surface area (Å²) in [6.07, 6.45) is 2.36. The number of benzene rings is 1. The van der Waals surface area contributed by atoms with Gasteiger partial charge in [0, 0.05) is 5.92 Å². The maximum absolute atomic E-state index is 13.5. The topological polar surface area (TPSA) is 149 Å². The van der Waals surface area contributed by atoms with E-state index in [9.17, 15) is 8.42 Å². The lowest BCUT2D eigenvalue weighted by molar-refractivity contribution is -0.0941. The van der Waals surface area contributed by atoms with Gasteiger partial charge in [0.2, 0.25) is 21.9 Å². The highest BCUT2D eigenvalue weighted by Crippen LogP contribution is 2.37. The largest absolute Gasteiger partial charge is 0.494 e. The summed E-state index contributed by atoms with van der Waals surface area (Å²) in [5.41, 5.74) is 0.918. The monoisotopic (exact) mass is 534 g/mol. The molecule has 1 fully saturated rings. The van der Waals surface area contributed by atoms with E-state index in [4.69, 9.17) is 23.7 Å². The fraction of sp³-hybridized carbons (Fsp3) is 0.478. The average Bonchev–Trinajstić information content (AvgIpc) is 3.34. The molecule has 1 saturated heterocycles. The van der Waals surface area contributed by atoms with Crippen LogP contribution in [0.25, 0.3) is 5.69 Å². The smallest absolute Gasteiger partial charge is 0.243 e. The van der Waals surface area contributed by atoms with Gasteiger partial charge in [-0.25, -0.2) is 13.4 Å². The van der Waals surface area contributed by atoms with Crippen LogP contribution in [-0.4, -0.2) is 79.6 Å². The molecule has 1 N–H and O–H groups in total. The minimum absolute atomic E-state index is 0.0492. The summed E-state index contributed by atoms with van der Waals surface area (Å²) in [6.45, 7) is 4.38. The Morgan fingerprint density at radius 3 is 2.32 bits per heavy atom. The zero-order valence-electron chi connectivity index (χ0n) is 21.2. The molecule has 1 aliphatic heterocycles. The van der Waals surface area contributed by atoms with E-state index >= 15 is 0 Å². The van der Waals surface area contributed by atoms with Crippen molar-refractivity contribution in [1.82, 2.24) is 24.7 Å². The minimum Gasteiger partial charge on any atom is -0.494 e. The summed E-state index contributed by atoms with van der Waals surface area (Å²) < 4.78 is 58.8. The van der Waals surface area contributed by atoms with Crippen LogP contribution in [0, 0.1) is 0 Å². The summed E-state index contributed by atoms with van der Waals surface area (Å²) in [6, 6.07) is 5.21. The van der Waals surface area contributed by atoms with Crippen molar-refractivity contribution in [3.8, 4) is 23.1 Å². The molecule has 0 bridgehead atoms. The Balaban J connectivity index is 1.74. The molecule has 0 amide bonds. The zero-order valence-corrected chi connectivity index (χ0v) is 22.1. The molecule has 4 rings (SSSR count). The lowest BCUT2D eigenvalue weighted by atomic mass is 10.1. The van der Waals surface area contributed by atoms with Gasteiger partial charge in [0.1, 0.15) is 23.3 Å². The second kappa shape index (κ2) is 11.3. The molecule has 1 aliphatic rings. The molecule has 0 radical (unpaired) electrons. The van der Waals surface area contributed by atoms with Crippen molar-refractivity contribution < 1.29 is 32.1 Å². The van der Waals surface area contributed by atoms with Crippen LogP contribution in [0.2, 0.25) is 0 Å². The van der Waals surface area contributed by atoms with Crippen molar-refractivity contribution >= 4 is 16.0 Å². The fourth-order valence-electron chi connectivity index (χ4n) is 3.88. The van der Waals surface area contributed by atoms with Crippen molar-refractivity contribution in [2.75, 3.05) is 45.9 Å². The van der Waals surface area contributed by atoms with E-state index < -0.39 is 27.3 Å². The van der Waals surface area contributed by atoms with E-state index in [-0.39, 0.29) is 12.6 Å². The molecule has 0 aliphatic carbocycles. The molecule has 3 heterocycles. The molecular weight excluding hydrogens is 504 g/mol. The zero-order chi connectivity index (χ0) is 26.6. The minimum atomic E-state index is -3.99. The number of nitrogens with one attached hydrogen (secondary N) is 1. The Kier molecular flexibility index (Phi) is 8.10. The van der Waals surface area contributed by atoms with Crippen LogP contribution in [0.1, 0.15) is 37.4 Å². The summed E-state index contributed by atoms with van der Waals surface area (Å²) in [5, 5.41) is 7.53. The molecule has 0 saturated carbocycles. The molecule has 3 aromatic rings. The average molecular weight is 535 g/mol. The van der Waals surface area contributed by atoms with Crippen LogP contribution in [-0.2, 0) is 19.5 Å². The van der Waals surface area contributed by atoms with E-state index in [1.54, 1.807) is 32.0 Å². The predicted octanol–water partition coefficient (Wildman–Crippen LogP) is 2.10. The highest BCUT2D eigenvalue weighted by Gasteiger charge is 2.34. The van der Waals surface area contributed by atoms with E-state index in [2.05, 4.69) is 24.9 Å². The summed E-state index contributed by atoms with van der Waals surface area (Å²) >= 11 is 0. The third kappa shape index (κ3) is 5.45. The van der Waals surface area contributed by atoms with Crippen LogP contribution >= 0.6 is 0 Å². The van der Waals surface area contributed by atoms with Crippen LogP contribution < -0.4 is 18.9 Å². The number of para-hydroxylation sites is 1. The summed E-state index contributed by atoms with van der Waals surface area (Å²) in [4.78, 5) is 8.42. The van der Waals surface area contributed by atoms with Crippen LogP contribution in [0.3, 0.4) is 0 Å². The first-order valence-corrected chi connectivity index (χ1v) is 13.1. The lowest BCUT2D eigenvalue weighted by Crippen LogP contribution is -2.31. The standard InChI is InChI=1S/C23H30N6O7S/c1-14(16-11-25-20(34-5)12-24-16)15(2)37(30,31)28-23-27-26-22(19-13-35-9-10-36-19)29(23)21-17(32-3)7-6-8-18(21)33-4/h6-8,11-12,14-15,19H,9-10,13H2,1-5H3,(H,27,28)/t14-,15-,19+/m0/s1. The number of ether oxygens (including phenoxy) is 5. The maximum atomic E-state index is 13.5. The molecule has 2 aromatic heterocycles. The number of nitrogens with zero attached hydrogens (tertiary/aromatic N) is 5. The van der Waals surface area contributed by atoms with Gasteiger partial charge in [-0.1, -0.05) is 13.0 Å². The third-order valence-corrected chi connectivity index (χ3v) is 8.02. The van der Waals surface area contributed by atoms with Crippen LogP contribution in [0.5, 0.6) is 17.4 Å². The van der Waals surface area contributed by atoms with Crippen molar-refractivity contribution in [3.63, 3.8) is 0 Å². The van der Waals surface area contributed by atoms with Gasteiger partial charge < -0.3 is 23.7 Å². The maximum Gasteiger partial charge on any atom is 0.243 e. The number of hydrogen-bond acceptors (Lipinski definition) is 11. The number of sulfonamides is 1. The first-order valence-electron chi connectivity index (χ1n) is 11.5. The highest BCUT2D eigenvalue weighted by molar-refractivity contribution is 7.93. The number of methoxy groups -OCH3 is 3. The number of aromatic nitrogens is 5. The molecular formula is C23H30N6O7S. The van der Waals surface area contributed by atoms with Gasteiger partial charge in [0.05, 0.1) is 64.5 Å². The first kappa shape index (κ1) is 26.6. The lowest BCUT2D eigenvalue weighted by Gasteiger charge is -2.25. The van der Waals surface area contributed by atoms with E-state index in [1.807, 2.05) is 0 Å².